The average molecular weight is 290 g/mol. The minimum absolute atomic E-state index is 0.276. The standard InChI is InChI=1S/C18H26O3/c1-12-8-9-14(10-13(12)2)16(18(19)20)11-15-6-4-5-7-17(15)21-3/h4-7,12-14,16H,8-11H2,1-3H3,(H,19,20). The number of benzene rings is 1. The van der Waals surface area contributed by atoms with Crippen molar-refractivity contribution in [3.05, 3.63) is 29.8 Å². The molecule has 0 bridgehead atoms. The molecule has 3 nitrogen and oxygen atoms in total. The molecular formula is C18H26O3. The lowest BCUT2D eigenvalue weighted by Gasteiger charge is -2.35. The van der Waals surface area contributed by atoms with Gasteiger partial charge in [-0.3, -0.25) is 4.79 Å². The average Bonchev–Trinajstić information content (AvgIpc) is 2.48. The Kier molecular flexibility index (Phi) is 5.27. The monoisotopic (exact) mass is 290 g/mol. The summed E-state index contributed by atoms with van der Waals surface area (Å²) in [5.74, 6) is 1.41. The molecule has 0 aliphatic heterocycles. The van der Waals surface area contributed by atoms with Crippen LogP contribution in [-0.4, -0.2) is 18.2 Å². The summed E-state index contributed by atoms with van der Waals surface area (Å²) >= 11 is 0. The van der Waals surface area contributed by atoms with Gasteiger partial charge in [0, 0.05) is 0 Å². The van der Waals surface area contributed by atoms with Gasteiger partial charge in [0.15, 0.2) is 0 Å². The maximum atomic E-state index is 11.8. The molecule has 21 heavy (non-hydrogen) atoms. The molecule has 2 rings (SSSR count). The number of carbonyl (C=O) groups is 1. The lowest BCUT2D eigenvalue weighted by molar-refractivity contribution is -0.144. The van der Waals surface area contributed by atoms with Crippen molar-refractivity contribution >= 4 is 5.97 Å². The fourth-order valence-corrected chi connectivity index (χ4v) is 3.52. The number of methoxy groups -OCH3 is 1. The van der Waals surface area contributed by atoms with Gasteiger partial charge >= 0.3 is 5.97 Å². The van der Waals surface area contributed by atoms with Crippen LogP contribution in [0.4, 0.5) is 0 Å². The molecular weight excluding hydrogens is 264 g/mol. The first-order valence-electron chi connectivity index (χ1n) is 7.87. The first-order chi connectivity index (χ1) is 10.0. The second-order valence-corrected chi connectivity index (χ2v) is 6.49. The van der Waals surface area contributed by atoms with Gasteiger partial charge in [0.2, 0.25) is 0 Å². The van der Waals surface area contributed by atoms with E-state index in [0.717, 1.165) is 30.6 Å². The Bertz CT molecular complexity index is 483. The third-order valence-electron chi connectivity index (χ3n) is 5.16. The van der Waals surface area contributed by atoms with Crippen molar-refractivity contribution in [1.29, 1.82) is 0 Å². The molecule has 1 aliphatic rings. The van der Waals surface area contributed by atoms with Crippen molar-refractivity contribution in [3.63, 3.8) is 0 Å². The van der Waals surface area contributed by atoms with Gasteiger partial charge < -0.3 is 9.84 Å². The Morgan fingerprint density at radius 1 is 1.29 bits per heavy atom. The highest BCUT2D eigenvalue weighted by atomic mass is 16.5. The molecule has 0 heterocycles. The van der Waals surface area contributed by atoms with Crippen LogP contribution in [0.3, 0.4) is 0 Å². The zero-order chi connectivity index (χ0) is 15.4. The number of rotatable bonds is 5. The van der Waals surface area contributed by atoms with E-state index in [4.69, 9.17) is 4.74 Å². The van der Waals surface area contributed by atoms with Crippen LogP contribution in [0.1, 0.15) is 38.7 Å². The van der Waals surface area contributed by atoms with Gasteiger partial charge in [0.1, 0.15) is 5.75 Å². The molecule has 1 aromatic rings. The molecule has 1 aliphatic carbocycles. The molecule has 1 fully saturated rings. The molecule has 0 aromatic heterocycles. The zero-order valence-electron chi connectivity index (χ0n) is 13.2. The number of aliphatic carboxylic acids is 1. The third kappa shape index (κ3) is 3.78. The van der Waals surface area contributed by atoms with Crippen molar-refractivity contribution in [2.24, 2.45) is 23.7 Å². The smallest absolute Gasteiger partial charge is 0.307 e. The summed E-state index contributed by atoms with van der Waals surface area (Å²) in [5, 5.41) is 9.66. The number of hydrogen-bond donors (Lipinski definition) is 1. The number of carboxylic acids is 1. The third-order valence-corrected chi connectivity index (χ3v) is 5.16. The lowest BCUT2D eigenvalue weighted by atomic mass is 9.70. The first-order valence-corrected chi connectivity index (χ1v) is 7.87. The van der Waals surface area contributed by atoms with Gasteiger partial charge in [0.05, 0.1) is 13.0 Å². The Morgan fingerprint density at radius 3 is 2.62 bits per heavy atom. The molecule has 4 unspecified atom stereocenters. The Hall–Kier alpha value is -1.51. The summed E-state index contributed by atoms with van der Waals surface area (Å²) in [4.78, 5) is 11.8. The molecule has 116 valence electrons. The SMILES string of the molecule is COc1ccccc1CC(C(=O)O)C1CCC(C)C(C)C1. The van der Waals surface area contributed by atoms with E-state index < -0.39 is 5.97 Å². The molecule has 1 aromatic carbocycles. The molecule has 1 saturated carbocycles. The largest absolute Gasteiger partial charge is 0.496 e. The minimum Gasteiger partial charge on any atom is -0.496 e. The van der Waals surface area contributed by atoms with E-state index in [1.54, 1.807) is 7.11 Å². The fraction of sp³-hybridized carbons (Fsp3) is 0.611. The molecule has 0 saturated heterocycles. The topological polar surface area (TPSA) is 46.5 Å². The predicted octanol–water partition coefficient (Wildman–Crippen LogP) is 4.01. The van der Waals surface area contributed by atoms with E-state index in [0.29, 0.717) is 18.3 Å². The van der Waals surface area contributed by atoms with Crippen molar-refractivity contribution in [1.82, 2.24) is 0 Å². The maximum absolute atomic E-state index is 11.8. The van der Waals surface area contributed by atoms with Crippen molar-refractivity contribution in [3.8, 4) is 5.75 Å². The highest BCUT2D eigenvalue weighted by Gasteiger charge is 2.34. The van der Waals surface area contributed by atoms with Crippen LogP contribution in [-0.2, 0) is 11.2 Å². The van der Waals surface area contributed by atoms with Crippen LogP contribution in [0, 0.1) is 23.7 Å². The zero-order valence-corrected chi connectivity index (χ0v) is 13.2. The second kappa shape index (κ2) is 6.97. The fourth-order valence-electron chi connectivity index (χ4n) is 3.52. The number of carboxylic acid groups (broad SMARTS) is 1. The molecule has 1 N–H and O–H groups in total. The summed E-state index contributed by atoms with van der Waals surface area (Å²) in [6.45, 7) is 4.52. The number of hydrogen-bond acceptors (Lipinski definition) is 2. The van der Waals surface area contributed by atoms with Crippen molar-refractivity contribution in [2.75, 3.05) is 7.11 Å². The number of para-hydroxylation sites is 1. The Balaban J connectivity index is 2.14. The molecule has 0 radical (unpaired) electrons. The molecule has 4 atom stereocenters. The van der Waals surface area contributed by atoms with Gasteiger partial charge in [-0.05, 0) is 48.6 Å². The Labute approximate surface area is 127 Å². The second-order valence-electron chi connectivity index (χ2n) is 6.49. The molecule has 0 spiro atoms. The minimum atomic E-state index is -0.673. The van der Waals surface area contributed by atoms with Crippen LogP contribution in [0.25, 0.3) is 0 Å². The van der Waals surface area contributed by atoms with Gasteiger partial charge in [0.25, 0.3) is 0 Å². The highest BCUT2D eigenvalue weighted by molar-refractivity contribution is 5.71. The maximum Gasteiger partial charge on any atom is 0.307 e. The van der Waals surface area contributed by atoms with Crippen molar-refractivity contribution < 1.29 is 14.6 Å². The van der Waals surface area contributed by atoms with Gasteiger partial charge in [-0.2, -0.15) is 0 Å². The normalized spacial score (nSPS) is 27.1. The lowest BCUT2D eigenvalue weighted by Crippen LogP contribution is -2.32. The molecule has 0 amide bonds. The van der Waals surface area contributed by atoms with Crippen LogP contribution < -0.4 is 4.74 Å². The number of ether oxygens (including phenoxy) is 1. The van der Waals surface area contributed by atoms with Crippen LogP contribution in [0.2, 0.25) is 0 Å². The summed E-state index contributed by atoms with van der Waals surface area (Å²) in [5.41, 5.74) is 0.999. The van der Waals surface area contributed by atoms with Crippen LogP contribution in [0.5, 0.6) is 5.75 Å². The van der Waals surface area contributed by atoms with E-state index in [1.165, 1.54) is 0 Å². The van der Waals surface area contributed by atoms with Gasteiger partial charge in [-0.15, -0.1) is 0 Å². The molecule has 3 heteroatoms. The highest BCUT2D eigenvalue weighted by Crippen LogP contribution is 2.39. The Morgan fingerprint density at radius 2 is 2.00 bits per heavy atom. The van der Waals surface area contributed by atoms with Gasteiger partial charge in [-0.1, -0.05) is 38.5 Å². The van der Waals surface area contributed by atoms with Crippen LogP contribution in [0.15, 0.2) is 24.3 Å². The summed E-state index contributed by atoms with van der Waals surface area (Å²) < 4.78 is 5.36. The van der Waals surface area contributed by atoms with Crippen molar-refractivity contribution in [2.45, 2.75) is 39.5 Å². The van der Waals surface area contributed by atoms with E-state index >= 15 is 0 Å². The van der Waals surface area contributed by atoms with E-state index in [1.807, 2.05) is 24.3 Å². The van der Waals surface area contributed by atoms with E-state index in [9.17, 15) is 9.90 Å². The summed E-state index contributed by atoms with van der Waals surface area (Å²) in [7, 11) is 1.64. The van der Waals surface area contributed by atoms with E-state index in [-0.39, 0.29) is 11.8 Å². The first kappa shape index (κ1) is 15.9. The van der Waals surface area contributed by atoms with E-state index in [2.05, 4.69) is 13.8 Å². The van der Waals surface area contributed by atoms with Crippen LogP contribution >= 0.6 is 0 Å². The quantitative estimate of drug-likeness (QED) is 0.891. The summed E-state index contributed by atoms with van der Waals surface area (Å²) in [6.07, 6.45) is 3.75. The summed E-state index contributed by atoms with van der Waals surface area (Å²) in [6, 6.07) is 7.74. The predicted molar refractivity (Wildman–Crippen MR) is 83.5 cm³/mol. The van der Waals surface area contributed by atoms with Gasteiger partial charge in [-0.25, -0.2) is 0 Å².